The lowest BCUT2D eigenvalue weighted by molar-refractivity contribution is 0.00863. The summed E-state index contributed by atoms with van der Waals surface area (Å²) in [4.78, 5) is 9.92. The minimum absolute atomic E-state index is 0. The van der Waals surface area contributed by atoms with Crippen LogP contribution in [0.3, 0.4) is 0 Å². The zero-order valence-corrected chi connectivity index (χ0v) is 22.5. The molecule has 2 fully saturated rings. The molecule has 3 rings (SSSR count). The van der Waals surface area contributed by atoms with Crippen molar-refractivity contribution in [2.75, 3.05) is 72.2 Å². The third-order valence-electron chi connectivity index (χ3n) is 6.10. The Hall–Kier alpha value is -0.880. The van der Waals surface area contributed by atoms with Gasteiger partial charge in [0.1, 0.15) is 11.5 Å². The number of guanidine groups is 1. The van der Waals surface area contributed by atoms with Crippen LogP contribution in [-0.4, -0.2) is 94.0 Å². The van der Waals surface area contributed by atoms with Crippen molar-refractivity contribution in [3.05, 3.63) is 23.7 Å². The van der Waals surface area contributed by atoms with Gasteiger partial charge in [-0.15, -0.1) is 24.0 Å². The Balaban J connectivity index is 0.00000363. The van der Waals surface area contributed by atoms with Gasteiger partial charge in [0.05, 0.1) is 39.0 Å². The van der Waals surface area contributed by atoms with E-state index < -0.39 is 0 Å². The molecule has 0 aromatic carbocycles. The van der Waals surface area contributed by atoms with Crippen LogP contribution in [0.2, 0.25) is 0 Å². The first-order valence-corrected chi connectivity index (χ1v) is 11.8. The number of rotatable bonds is 9. The summed E-state index contributed by atoms with van der Waals surface area (Å²) in [6.45, 7) is 18.0. The van der Waals surface area contributed by atoms with Crippen LogP contribution in [-0.2, 0) is 9.47 Å². The lowest BCUT2D eigenvalue weighted by atomic mass is 10.0. The van der Waals surface area contributed by atoms with Crippen LogP contribution < -0.4 is 10.6 Å². The number of furan rings is 1. The van der Waals surface area contributed by atoms with Gasteiger partial charge in [0, 0.05) is 45.3 Å². The second-order valence-electron chi connectivity index (χ2n) is 8.67. The smallest absolute Gasteiger partial charge is 0.191 e. The second kappa shape index (κ2) is 14.4. The number of aliphatic imine (C=N–C) groups is 1. The van der Waals surface area contributed by atoms with Gasteiger partial charge >= 0.3 is 0 Å². The highest BCUT2D eigenvalue weighted by atomic mass is 127. The molecule has 8 nitrogen and oxygen atoms in total. The molecule has 0 saturated carbocycles. The van der Waals surface area contributed by atoms with Gasteiger partial charge in [-0.25, -0.2) is 0 Å². The fraction of sp³-hybridized carbons (Fsp3) is 0.783. The van der Waals surface area contributed by atoms with Crippen LogP contribution in [0.1, 0.15) is 38.3 Å². The standard InChI is InChI=1S/C23H41N5O3.HI/c1-5-24-23(25-16-20(18(2)3)27-8-12-29-13-9-27)26-17-21(22-7-6-19(4)31-22)28-10-14-30-15-11-28;/h6-7,18,20-21H,5,8-17H2,1-4H3,(H2,24,25,26);1H. The van der Waals surface area contributed by atoms with E-state index in [1.165, 1.54) is 0 Å². The lowest BCUT2D eigenvalue weighted by Crippen LogP contribution is -2.49. The van der Waals surface area contributed by atoms with E-state index in [0.29, 0.717) is 12.0 Å². The summed E-state index contributed by atoms with van der Waals surface area (Å²) in [6, 6.07) is 4.70. The molecule has 2 aliphatic rings. The van der Waals surface area contributed by atoms with E-state index in [1.54, 1.807) is 0 Å². The van der Waals surface area contributed by atoms with Crippen LogP contribution >= 0.6 is 24.0 Å². The highest BCUT2D eigenvalue weighted by Crippen LogP contribution is 2.23. The highest BCUT2D eigenvalue weighted by molar-refractivity contribution is 14.0. The largest absolute Gasteiger partial charge is 0.465 e. The Bertz CT molecular complexity index is 672. The molecular weight excluding hydrogens is 521 g/mol. The molecule has 3 heterocycles. The quantitative estimate of drug-likeness (QED) is 0.272. The van der Waals surface area contributed by atoms with Crippen LogP contribution in [0.25, 0.3) is 0 Å². The fourth-order valence-corrected chi connectivity index (χ4v) is 4.31. The average Bonchev–Trinajstić information content (AvgIpc) is 3.21. The van der Waals surface area contributed by atoms with E-state index in [1.807, 2.05) is 13.0 Å². The number of nitrogens with zero attached hydrogens (tertiary/aromatic N) is 3. The maximum atomic E-state index is 6.00. The Kier molecular flexibility index (Phi) is 12.3. The Labute approximate surface area is 210 Å². The van der Waals surface area contributed by atoms with E-state index in [4.69, 9.17) is 18.9 Å². The van der Waals surface area contributed by atoms with Crippen molar-refractivity contribution in [3.8, 4) is 0 Å². The Morgan fingerprint density at radius 3 is 2.16 bits per heavy atom. The number of ether oxygens (including phenoxy) is 2. The zero-order chi connectivity index (χ0) is 22.1. The minimum atomic E-state index is 0. The molecule has 2 unspecified atom stereocenters. The number of hydrogen-bond acceptors (Lipinski definition) is 6. The van der Waals surface area contributed by atoms with E-state index in [0.717, 1.165) is 89.7 Å². The predicted octanol–water partition coefficient (Wildman–Crippen LogP) is 2.49. The summed E-state index contributed by atoms with van der Waals surface area (Å²) in [5.74, 6) is 3.34. The van der Waals surface area contributed by atoms with E-state index in [-0.39, 0.29) is 30.0 Å². The molecule has 0 bridgehead atoms. The molecule has 2 N–H and O–H groups in total. The first kappa shape index (κ1) is 27.4. The number of aryl methyl sites for hydroxylation is 1. The second-order valence-corrected chi connectivity index (χ2v) is 8.67. The van der Waals surface area contributed by atoms with Crippen molar-refractivity contribution in [2.24, 2.45) is 10.9 Å². The molecule has 0 aliphatic carbocycles. The number of halogens is 1. The van der Waals surface area contributed by atoms with E-state index in [9.17, 15) is 0 Å². The minimum Gasteiger partial charge on any atom is -0.465 e. The van der Waals surface area contributed by atoms with E-state index >= 15 is 0 Å². The zero-order valence-electron chi connectivity index (χ0n) is 20.1. The van der Waals surface area contributed by atoms with Crippen molar-refractivity contribution in [1.82, 2.24) is 20.4 Å². The number of nitrogens with one attached hydrogen (secondary N) is 2. The molecule has 0 spiro atoms. The van der Waals surface area contributed by atoms with Gasteiger partial charge in [0.2, 0.25) is 0 Å². The third-order valence-corrected chi connectivity index (χ3v) is 6.10. The molecule has 0 amide bonds. The normalized spacial score (nSPS) is 20.6. The Morgan fingerprint density at radius 2 is 1.62 bits per heavy atom. The summed E-state index contributed by atoms with van der Waals surface area (Å²) < 4.78 is 17.1. The summed E-state index contributed by atoms with van der Waals surface area (Å²) in [5, 5.41) is 6.99. The maximum absolute atomic E-state index is 6.00. The monoisotopic (exact) mass is 563 g/mol. The predicted molar refractivity (Wildman–Crippen MR) is 139 cm³/mol. The van der Waals surface area contributed by atoms with Crippen molar-refractivity contribution in [2.45, 2.75) is 39.8 Å². The molecule has 184 valence electrons. The third kappa shape index (κ3) is 8.16. The van der Waals surface area contributed by atoms with Gasteiger partial charge in [0.15, 0.2) is 5.96 Å². The summed E-state index contributed by atoms with van der Waals surface area (Å²) in [5.41, 5.74) is 0. The maximum Gasteiger partial charge on any atom is 0.191 e. The van der Waals surface area contributed by atoms with Crippen molar-refractivity contribution >= 4 is 29.9 Å². The van der Waals surface area contributed by atoms with Crippen molar-refractivity contribution in [3.63, 3.8) is 0 Å². The summed E-state index contributed by atoms with van der Waals surface area (Å²) in [7, 11) is 0. The molecule has 2 aliphatic heterocycles. The van der Waals surface area contributed by atoms with Gasteiger partial charge in [-0.05, 0) is 31.9 Å². The van der Waals surface area contributed by atoms with Crippen molar-refractivity contribution in [1.29, 1.82) is 0 Å². The van der Waals surface area contributed by atoms with E-state index in [2.05, 4.69) is 47.3 Å². The SMILES string of the molecule is CCNC(=NCC(C(C)C)N1CCOCC1)NCC(c1ccc(C)o1)N1CCOCC1.I. The van der Waals surface area contributed by atoms with Crippen LogP contribution in [0.15, 0.2) is 21.5 Å². The van der Waals surface area contributed by atoms with Crippen LogP contribution in [0.5, 0.6) is 0 Å². The molecule has 32 heavy (non-hydrogen) atoms. The number of morpholine rings is 2. The fourth-order valence-electron chi connectivity index (χ4n) is 4.31. The van der Waals surface area contributed by atoms with Crippen LogP contribution in [0.4, 0.5) is 0 Å². The summed E-state index contributed by atoms with van der Waals surface area (Å²) in [6.07, 6.45) is 0. The van der Waals surface area contributed by atoms with Gasteiger partial charge in [-0.3, -0.25) is 14.8 Å². The average molecular weight is 564 g/mol. The Morgan fingerprint density at radius 1 is 1.00 bits per heavy atom. The van der Waals surface area contributed by atoms with Gasteiger partial charge in [0.25, 0.3) is 0 Å². The van der Waals surface area contributed by atoms with Crippen LogP contribution in [0, 0.1) is 12.8 Å². The summed E-state index contributed by atoms with van der Waals surface area (Å²) >= 11 is 0. The topological polar surface area (TPSA) is 74.5 Å². The first-order chi connectivity index (χ1) is 15.1. The molecule has 2 atom stereocenters. The molecule has 1 aromatic heterocycles. The molecule has 2 saturated heterocycles. The van der Waals surface area contributed by atoms with Gasteiger partial charge in [-0.1, -0.05) is 13.8 Å². The first-order valence-electron chi connectivity index (χ1n) is 11.8. The van der Waals surface area contributed by atoms with Gasteiger partial charge in [-0.2, -0.15) is 0 Å². The van der Waals surface area contributed by atoms with Crippen molar-refractivity contribution < 1.29 is 13.9 Å². The molecule has 1 aromatic rings. The number of hydrogen-bond donors (Lipinski definition) is 2. The lowest BCUT2D eigenvalue weighted by Gasteiger charge is -2.36. The molecule has 0 radical (unpaired) electrons. The van der Waals surface area contributed by atoms with Gasteiger partial charge < -0.3 is 24.5 Å². The highest BCUT2D eigenvalue weighted by Gasteiger charge is 2.26. The molecular formula is C23H42IN5O3. The molecule has 9 heteroatoms.